The van der Waals surface area contributed by atoms with Crippen molar-refractivity contribution in [2.75, 3.05) is 63.8 Å². The number of fused-ring (bicyclic) bond motifs is 1. The number of amides is 3. The maximum atomic E-state index is 15.0. The van der Waals surface area contributed by atoms with Gasteiger partial charge in [-0.15, -0.1) is 0 Å². The number of nitrogens with one attached hydrogen (secondary N) is 1. The average molecular weight is 630 g/mol. The molecule has 6 rings (SSSR count). The summed E-state index contributed by atoms with van der Waals surface area (Å²) in [5, 5.41) is 2.34. The molecule has 2 aromatic rings. The lowest BCUT2D eigenvalue weighted by Gasteiger charge is -2.48. The Hall–Kier alpha value is -3.94. The molecule has 4 aliphatic heterocycles. The minimum atomic E-state index is -3.13. The van der Waals surface area contributed by atoms with E-state index in [0.717, 1.165) is 48.8 Å². The van der Waals surface area contributed by atoms with E-state index in [2.05, 4.69) is 15.1 Å². The summed E-state index contributed by atoms with van der Waals surface area (Å²) in [6.45, 7) is 9.73. The molecule has 1 atom stereocenters. The Morgan fingerprint density at radius 1 is 1.04 bits per heavy atom. The van der Waals surface area contributed by atoms with Crippen molar-refractivity contribution in [1.82, 2.24) is 29.2 Å². The van der Waals surface area contributed by atoms with Crippen LogP contribution in [0.25, 0.3) is 11.0 Å². The number of ether oxygens (including phenoxy) is 1. The number of piperazine rings is 1. The molecule has 12 nitrogen and oxygen atoms in total. The van der Waals surface area contributed by atoms with Crippen LogP contribution in [-0.2, 0) is 21.4 Å². The average Bonchev–Trinajstić information content (AvgIpc) is 3.19. The van der Waals surface area contributed by atoms with Crippen molar-refractivity contribution < 1.29 is 27.9 Å². The Kier molecular flexibility index (Phi) is 7.90. The van der Waals surface area contributed by atoms with E-state index in [9.17, 15) is 19.2 Å². The normalized spacial score (nSPS) is 23.2. The number of likely N-dealkylation sites (tertiary alicyclic amines) is 1. The van der Waals surface area contributed by atoms with Crippen LogP contribution < -0.4 is 15.9 Å². The number of nitrogens with zero attached hydrogens (tertiary/aromatic N) is 6. The van der Waals surface area contributed by atoms with Crippen molar-refractivity contribution in [2.24, 2.45) is 13.0 Å². The van der Waals surface area contributed by atoms with E-state index in [1.807, 2.05) is 18.2 Å². The molecule has 0 aliphatic carbocycles. The smallest absolute Gasteiger partial charge is 0.410 e. The highest BCUT2D eigenvalue weighted by molar-refractivity contribution is 6.00. The standard InChI is InChI=1S/C31H41F2N7O5/c1-30(2,3)45-29(44)38-10-9-25(31(32,33)19-38)39-17-20(18-39)16-36-11-13-37(14-12-36)21-5-6-22-24(15-21)35(4)28(43)40(22)23-7-8-26(41)34-27(23)42/h5-6,9,15,20,23H,7-8,10-14,16-19H2,1-4H3,(H,34,41,42). The Balaban J connectivity index is 1.02. The number of anilines is 1. The summed E-state index contributed by atoms with van der Waals surface area (Å²) in [4.78, 5) is 56.9. The zero-order valence-corrected chi connectivity index (χ0v) is 26.2. The van der Waals surface area contributed by atoms with Gasteiger partial charge < -0.3 is 14.5 Å². The Morgan fingerprint density at radius 2 is 1.76 bits per heavy atom. The van der Waals surface area contributed by atoms with Crippen LogP contribution in [0.4, 0.5) is 19.3 Å². The molecule has 1 aromatic carbocycles. The molecule has 244 valence electrons. The number of carbonyl (C=O) groups excluding carboxylic acids is 3. The summed E-state index contributed by atoms with van der Waals surface area (Å²) in [5.74, 6) is -3.62. The molecule has 3 saturated heterocycles. The van der Waals surface area contributed by atoms with E-state index < -0.39 is 36.1 Å². The summed E-state index contributed by atoms with van der Waals surface area (Å²) < 4.78 is 38.3. The van der Waals surface area contributed by atoms with Gasteiger partial charge in [-0.3, -0.25) is 33.8 Å². The Labute approximate surface area is 260 Å². The van der Waals surface area contributed by atoms with Gasteiger partial charge in [0, 0.05) is 77.4 Å². The number of rotatable bonds is 5. The van der Waals surface area contributed by atoms with Gasteiger partial charge in [0.25, 0.3) is 0 Å². The van der Waals surface area contributed by atoms with Crippen LogP contribution in [0.2, 0.25) is 0 Å². The van der Waals surface area contributed by atoms with Crippen molar-refractivity contribution in [2.45, 2.75) is 51.2 Å². The van der Waals surface area contributed by atoms with Gasteiger partial charge in [-0.2, -0.15) is 8.78 Å². The highest BCUT2D eigenvalue weighted by Gasteiger charge is 2.47. The molecule has 3 amide bonds. The molecule has 1 unspecified atom stereocenters. The zero-order chi connectivity index (χ0) is 32.3. The summed E-state index contributed by atoms with van der Waals surface area (Å²) in [6, 6.07) is 5.09. The molecule has 4 aliphatic rings. The number of imidazole rings is 1. The fourth-order valence-corrected chi connectivity index (χ4v) is 6.77. The summed E-state index contributed by atoms with van der Waals surface area (Å²) in [5.41, 5.74) is 1.33. The maximum Gasteiger partial charge on any atom is 0.410 e. The van der Waals surface area contributed by atoms with Crippen LogP contribution in [0.15, 0.2) is 34.8 Å². The number of halogens is 2. The van der Waals surface area contributed by atoms with Crippen LogP contribution in [-0.4, -0.2) is 112 Å². The molecular weight excluding hydrogens is 588 g/mol. The third-order valence-corrected chi connectivity index (χ3v) is 9.07. The first-order valence-electron chi connectivity index (χ1n) is 15.5. The number of carbonyl (C=O) groups is 3. The second-order valence-electron chi connectivity index (χ2n) is 13.6. The van der Waals surface area contributed by atoms with Crippen LogP contribution in [0.3, 0.4) is 0 Å². The SMILES string of the molecule is Cn1c(=O)n(C2CCC(=O)NC2=O)c2ccc(N3CCN(CC4CN(C5=CCN(C(=O)OC(C)(C)C)CC5(F)F)C4)CC3)cc21. The molecule has 45 heavy (non-hydrogen) atoms. The topological polar surface area (TPSA) is 112 Å². The Morgan fingerprint density at radius 3 is 2.40 bits per heavy atom. The number of piperidine rings is 1. The van der Waals surface area contributed by atoms with Gasteiger partial charge in [-0.05, 0) is 51.5 Å². The lowest BCUT2D eigenvalue weighted by Crippen LogP contribution is -2.58. The number of aromatic nitrogens is 2. The molecular formula is C31H41F2N7O5. The quantitative estimate of drug-likeness (QED) is 0.501. The van der Waals surface area contributed by atoms with Crippen molar-refractivity contribution in [3.8, 4) is 0 Å². The van der Waals surface area contributed by atoms with Gasteiger partial charge in [-0.25, -0.2) is 9.59 Å². The van der Waals surface area contributed by atoms with Crippen LogP contribution >= 0.6 is 0 Å². The predicted molar refractivity (Wildman–Crippen MR) is 163 cm³/mol. The van der Waals surface area contributed by atoms with Crippen molar-refractivity contribution in [3.63, 3.8) is 0 Å². The van der Waals surface area contributed by atoms with Gasteiger partial charge in [-0.1, -0.05) is 0 Å². The van der Waals surface area contributed by atoms with Gasteiger partial charge in [0.05, 0.1) is 23.3 Å². The minimum absolute atomic E-state index is 0.000364. The monoisotopic (exact) mass is 629 g/mol. The van der Waals surface area contributed by atoms with E-state index in [0.29, 0.717) is 25.0 Å². The molecule has 1 N–H and O–H groups in total. The van der Waals surface area contributed by atoms with Crippen LogP contribution in [0.1, 0.15) is 39.7 Å². The lowest BCUT2D eigenvalue weighted by atomic mass is 9.95. The van der Waals surface area contributed by atoms with E-state index in [1.165, 1.54) is 10.6 Å². The first kappa shape index (κ1) is 31.1. The number of alkyl halides is 2. The number of hydrogen-bond acceptors (Lipinski definition) is 8. The first-order valence-corrected chi connectivity index (χ1v) is 15.5. The fourth-order valence-electron chi connectivity index (χ4n) is 6.77. The number of aryl methyl sites for hydroxylation is 1. The lowest BCUT2D eigenvalue weighted by molar-refractivity contribution is -0.135. The summed E-state index contributed by atoms with van der Waals surface area (Å²) in [7, 11) is 1.69. The summed E-state index contributed by atoms with van der Waals surface area (Å²) in [6.07, 6.45) is 1.21. The minimum Gasteiger partial charge on any atom is -0.444 e. The van der Waals surface area contributed by atoms with E-state index >= 15 is 8.78 Å². The maximum absolute atomic E-state index is 15.0. The van der Waals surface area contributed by atoms with Crippen molar-refractivity contribution >= 4 is 34.6 Å². The number of hydrogen-bond donors (Lipinski definition) is 1. The van der Waals surface area contributed by atoms with E-state index in [1.54, 1.807) is 37.3 Å². The third kappa shape index (κ3) is 6.16. The van der Waals surface area contributed by atoms with Crippen molar-refractivity contribution in [1.29, 1.82) is 0 Å². The Bertz CT molecular complexity index is 1600. The molecule has 0 spiro atoms. The second-order valence-corrected chi connectivity index (χ2v) is 13.6. The molecule has 1 aromatic heterocycles. The largest absolute Gasteiger partial charge is 0.444 e. The van der Waals surface area contributed by atoms with Gasteiger partial charge in [0.1, 0.15) is 11.6 Å². The molecule has 5 heterocycles. The first-order chi connectivity index (χ1) is 21.2. The fraction of sp³-hybridized carbons (Fsp3) is 0.613. The second kappa shape index (κ2) is 11.5. The van der Waals surface area contributed by atoms with Gasteiger partial charge in [0.15, 0.2) is 0 Å². The molecule has 0 saturated carbocycles. The number of benzene rings is 1. The van der Waals surface area contributed by atoms with E-state index in [4.69, 9.17) is 4.74 Å². The van der Waals surface area contributed by atoms with Gasteiger partial charge in [0.2, 0.25) is 11.8 Å². The van der Waals surface area contributed by atoms with Crippen LogP contribution in [0, 0.1) is 5.92 Å². The summed E-state index contributed by atoms with van der Waals surface area (Å²) >= 11 is 0. The predicted octanol–water partition coefficient (Wildman–Crippen LogP) is 2.14. The van der Waals surface area contributed by atoms with E-state index in [-0.39, 0.29) is 36.2 Å². The highest BCUT2D eigenvalue weighted by Crippen LogP contribution is 2.36. The molecule has 0 radical (unpaired) electrons. The van der Waals surface area contributed by atoms with Crippen LogP contribution in [0.5, 0.6) is 0 Å². The van der Waals surface area contributed by atoms with Gasteiger partial charge >= 0.3 is 17.7 Å². The zero-order valence-electron chi connectivity index (χ0n) is 26.2. The molecule has 0 bridgehead atoms. The molecule has 14 heteroatoms. The number of imide groups is 1. The highest BCUT2D eigenvalue weighted by atomic mass is 19.3. The third-order valence-electron chi connectivity index (χ3n) is 9.07. The molecule has 3 fully saturated rings. The van der Waals surface area contributed by atoms with Crippen molar-refractivity contribution in [3.05, 3.63) is 40.5 Å².